The average molecular weight is 848 g/mol. The number of aliphatic carboxylic acids is 1. The normalized spacial score (nSPS) is 13.9. The number of unbranched alkanes of at least 4 members (excludes halogenated alkanes) is 8. The minimum absolute atomic E-state index is 0.00294. The van der Waals surface area contributed by atoms with Crippen molar-refractivity contribution >= 4 is 17.9 Å². The van der Waals surface area contributed by atoms with Crippen LogP contribution in [-0.2, 0) is 28.6 Å². The summed E-state index contributed by atoms with van der Waals surface area (Å²) in [5, 5.41) is 11.6. The van der Waals surface area contributed by atoms with Gasteiger partial charge in [-0.25, -0.2) is 0 Å². The summed E-state index contributed by atoms with van der Waals surface area (Å²) in [7, 11) is 5.36. The van der Waals surface area contributed by atoms with Crippen LogP contribution in [0.1, 0.15) is 155 Å². The molecule has 0 bridgehead atoms. The lowest BCUT2D eigenvalue weighted by atomic mass is 10.1. The van der Waals surface area contributed by atoms with Crippen molar-refractivity contribution in [1.82, 2.24) is 0 Å². The zero-order valence-corrected chi connectivity index (χ0v) is 39.0. The quantitative estimate of drug-likeness (QED) is 0.0262. The summed E-state index contributed by atoms with van der Waals surface area (Å²) in [4.78, 5) is 36.9. The van der Waals surface area contributed by atoms with Crippen LogP contribution in [0.15, 0.2) is 109 Å². The number of likely N-dealkylation sites (N-methyl/N-ethyl adjacent to an activating group) is 1. The van der Waals surface area contributed by atoms with Crippen LogP contribution in [0.5, 0.6) is 0 Å². The Labute approximate surface area is 372 Å². The molecule has 2 atom stereocenters. The van der Waals surface area contributed by atoms with Crippen molar-refractivity contribution in [3.63, 3.8) is 0 Å². The second-order valence-electron chi connectivity index (χ2n) is 16.3. The van der Waals surface area contributed by atoms with E-state index in [0.717, 1.165) is 89.9 Å². The van der Waals surface area contributed by atoms with E-state index in [9.17, 15) is 19.5 Å². The van der Waals surface area contributed by atoms with Crippen molar-refractivity contribution in [3.05, 3.63) is 109 Å². The number of carboxylic acids is 1. The Kier molecular flexibility index (Phi) is 39.9. The smallest absolute Gasteiger partial charge is 0.306 e. The van der Waals surface area contributed by atoms with E-state index in [4.69, 9.17) is 14.2 Å². The lowest BCUT2D eigenvalue weighted by Gasteiger charge is -2.34. The molecule has 0 saturated heterocycles. The Morgan fingerprint density at radius 3 is 1.43 bits per heavy atom. The predicted octanol–water partition coefficient (Wildman–Crippen LogP) is 11.9. The summed E-state index contributed by atoms with van der Waals surface area (Å²) in [6, 6.07) is -0.749. The lowest BCUT2D eigenvalue weighted by Crippen LogP contribution is -2.55. The fourth-order valence-corrected chi connectivity index (χ4v) is 6.04. The molecular formula is C53H85NO7. The van der Waals surface area contributed by atoms with Gasteiger partial charge in [-0.2, -0.15) is 0 Å². The van der Waals surface area contributed by atoms with Crippen molar-refractivity contribution in [2.75, 3.05) is 41.0 Å². The number of carbonyl (C=O) groups excluding carboxylic acids is 3. The van der Waals surface area contributed by atoms with Gasteiger partial charge in [-0.1, -0.05) is 155 Å². The number of rotatable bonds is 40. The third-order valence-corrected chi connectivity index (χ3v) is 9.66. The summed E-state index contributed by atoms with van der Waals surface area (Å²) in [6.45, 7) is 4.40. The van der Waals surface area contributed by atoms with Gasteiger partial charge >= 0.3 is 11.9 Å². The molecule has 0 spiro atoms. The first-order valence-corrected chi connectivity index (χ1v) is 23.4. The molecule has 0 rings (SSSR count). The highest BCUT2D eigenvalue weighted by atomic mass is 16.6. The molecule has 61 heavy (non-hydrogen) atoms. The second-order valence-corrected chi connectivity index (χ2v) is 16.3. The van der Waals surface area contributed by atoms with Crippen LogP contribution in [0, 0.1) is 0 Å². The molecule has 8 nitrogen and oxygen atoms in total. The SMILES string of the molecule is CC/C=C/C/C=C/C/C=C/C/C=C/C/C=C/CCC(=O)OC(COCCC(C(=O)[O-])[N+](C)(C)C)COC(=O)CCCCCCC/C=C/C/C=C/C/C=C/C/C=C/CCCCC. The fraction of sp³-hybridized carbons (Fsp3) is 0.604. The van der Waals surface area contributed by atoms with E-state index in [0.29, 0.717) is 12.8 Å². The molecule has 0 N–H and O–H groups in total. The van der Waals surface area contributed by atoms with Crippen molar-refractivity contribution in [1.29, 1.82) is 0 Å². The maximum absolute atomic E-state index is 12.7. The van der Waals surface area contributed by atoms with Gasteiger partial charge in [0.2, 0.25) is 0 Å². The molecule has 0 saturated carbocycles. The number of hydrogen-bond acceptors (Lipinski definition) is 7. The van der Waals surface area contributed by atoms with Crippen LogP contribution in [0.3, 0.4) is 0 Å². The topological polar surface area (TPSA) is 102 Å². The maximum Gasteiger partial charge on any atom is 0.306 e. The number of quaternary nitrogens is 1. The fourth-order valence-electron chi connectivity index (χ4n) is 6.04. The van der Waals surface area contributed by atoms with E-state index >= 15 is 0 Å². The molecule has 344 valence electrons. The largest absolute Gasteiger partial charge is 0.544 e. The number of hydrogen-bond donors (Lipinski definition) is 0. The number of allylic oxidation sites excluding steroid dienone is 18. The molecule has 0 fully saturated rings. The molecule has 2 unspecified atom stereocenters. The van der Waals surface area contributed by atoms with E-state index < -0.39 is 24.1 Å². The minimum atomic E-state index is -1.14. The van der Waals surface area contributed by atoms with Gasteiger partial charge in [0.25, 0.3) is 0 Å². The van der Waals surface area contributed by atoms with Crippen molar-refractivity contribution in [2.24, 2.45) is 0 Å². The van der Waals surface area contributed by atoms with E-state index in [1.165, 1.54) is 25.7 Å². The molecule has 0 heterocycles. The second kappa shape index (κ2) is 42.7. The minimum Gasteiger partial charge on any atom is -0.544 e. The number of carboxylic acid groups (broad SMARTS) is 1. The number of ether oxygens (including phenoxy) is 3. The molecular weight excluding hydrogens is 763 g/mol. The Balaban J connectivity index is 4.46. The van der Waals surface area contributed by atoms with E-state index in [-0.39, 0.29) is 43.1 Å². The van der Waals surface area contributed by atoms with Crippen molar-refractivity contribution in [2.45, 2.75) is 167 Å². The van der Waals surface area contributed by atoms with Gasteiger partial charge < -0.3 is 28.6 Å². The standard InChI is InChI=1S/C53H85NO7/c1-6-8-10-12-14-16-18-20-22-24-25-26-27-28-30-31-33-35-37-39-41-43-51(55)60-48-49(47-59-46-45-50(53(57)58)54(3,4)5)61-52(56)44-42-40-38-36-34-32-29-23-21-19-17-15-13-11-9-7-2/h9,11,14-17,20-23,25-26,28,30,32,34,38,40,49-50H,6-8,10,12-13,18-19,24,27,29,31,33,35-37,39,41-48H2,1-5H3/b11-9+,16-14+,17-15+,22-20+,23-21+,26-25+,30-28+,34-32+,40-38+. The monoisotopic (exact) mass is 848 g/mol. The highest BCUT2D eigenvalue weighted by Crippen LogP contribution is 2.11. The molecule has 0 radical (unpaired) electrons. The zero-order chi connectivity index (χ0) is 44.9. The summed E-state index contributed by atoms with van der Waals surface area (Å²) in [5.74, 6) is -1.88. The van der Waals surface area contributed by atoms with E-state index in [1.54, 1.807) is 21.1 Å². The molecule has 0 aromatic carbocycles. The summed E-state index contributed by atoms with van der Waals surface area (Å²) in [5.41, 5.74) is 0. The highest BCUT2D eigenvalue weighted by molar-refractivity contribution is 5.70. The van der Waals surface area contributed by atoms with Crippen LogP contribution in [0.2, 0.25) is 0 Å². The highest BCUT2D eigenvalue weighted by Gasteiger charge is 2.25. The lowest BCUT2D eigenvalue weighted by molar-refractivity contribution is -0.889. The Hall–Kier alpha value is -4.01. The predicted molar refractivity (Wildman–Crippen MR) is 254 cm³/mol. The van der Waals surface area contributed by atoms with Crippen LogP contribution in [-0.4, -0.2) is 75.5 Å². The van der Waals surface area contributed by atoms with Crippen LogP contribution < -0.4 is 5.11 Å². The molecule has 0 aliphatic rings. The Morgan fingerprint density at radius 1 is 0.508 bits per heavy atom. The summed E-state index contributed by atoms with van der Waals surface area (Å²) < 4.78 is 17.1. The first kappa shape index (κ1) is 57.0. The van der Waals surface area contributed by atoms with E-state index in [2.05, 4.69) is 111 Å². The Morgan fingerprint density at radius 2 is 0.951 bits per heavy atom. The van der Waals surface area contributed by atoms with Crippen molar-refractivity contribution in [3.8, 4) is 0 Å². The first-order valence-electron chi connectivity index (χ1n) is 23.4. The first-order chi connectivity index (χ1) is 29.6. The van der Waals surface area contributed by atoms with Gasteiger partial charge in [-0.15, -0.1) is 0 Å². The van der Waals surface area contributed by atoms with Crippen molar-refractivity contribution < 1.29 is 38.2 Å². The average Bonchev–Trinajstić information content (AvgIpc) is 3.22. The van der Waals surface area contributed by atoms with Gasteiger partial charge in [0.1, 0.15) is 12.6 Å². The van der Waals surface area contributed by atoms with Gasteiger partial charge in [0.15, 0.2) is 6.10 Å². The molecule has 0 aliphatic heterocycles. The third kappa shape index (κ3) is 41.1. The molecule has 0 amide bonds. The zero-order valence-electron chi connectivity index (χ0n) is 39.0. The van der Waals surface area contributed by atoms with Gasteiger partial charge in [-0.3, -0.25) is 9.59 Å². The third-order valence-electron chi connectivity index (χ3n) is 9.66. The summed E-state index contributed by atoms with van der Waals surface area (Å²) in [6.07, 6.45) is 58.4. The number of nitrogens with zero attached hydrogens (tertiary/aromatic N) is 1. The number of carbonyl (C=O) groups is 3. The number of esters is 2. The Bertz CT molecular complexity index is 1360. The molecule has 0 aliphatic carbocycles. The molecule has 8 heteroatoms. The molecule has 0 aromatic heterocycles. The van der Waals surface area contributed by atoms with Crippen LogP contribution in [0.4, 0.5) is 0 Å². The summed E-state index contributed by atoms with van der Waals surface area (Å²) >= 11 is 0. The maximum atomic E-state index is 12.7. The van der Waals surface area contributed by atoms with Crippen LogP contribution in [0.25, 0.3) is 0 Å². The van der Waals surface area contributed by atoms with Gasteiger partial charge in [0, 0.05) is 19.3 Å². The van der Waals surface area contributed by atoms with Crippen LogP contribution >= 0.6 is 0 Å². The van der Waals surface area contributed by atoms with Gasteiger partial charge in [-0.05, 0) is 89.9 Å². The van der Waals surface area contributed by atoms with Gasteiger partial charge in [0.05, 0.1) is 40.3 Å². The van der Waals surface area contributed by atoms with E-state index in [1.807, 2.05) is 12.2 Å². The molecule has 0 aromatic rings.